The second-order valence-corrected chi connectivity index (χ2v) is 7.13. The van der Waals surface area contributed by atoms with Gasteiger partial charge in [-0.3, -0.25) is 4.79 Å². The Hall–Kier alpha value is -3.25. The third-order valence-electron chi connectivity index (χ3n) is 4.19. The van der Waals surface area contributed by atoms with Crippen LogP contribution < -0.4 is 10.5 Å². The molecule has 0 aliphatic carbocycles. The number of hydrogen-bond acceptors (Lipinski definition) is 4. The van der Waals surface area contributed by atoms with Crippen LogP contribution in [0.1, 0.15) is 10.4 Å². The lowest BCUT2D eigenvalue weighted by Gasteiger charge is -2.04. The number of carbonyl (C=O) groups is 1. The Bertz CT molecular complexity index is 1100. The molecule has 0 aliphatic heterocycles. The lowest BCUT2D eigenvalue weighted by Crippen LogP contribution is -2.10. The van der Waals surface area contributed by atoms with Crippen LogP contribution in [0.5, 0.6) is 5.75 Å². The zero-order chi connectivity index (χ0) is 18.8. The smallest absolute Gasteiger partial charge is 0.248 e. The van der Waals surface area contributed by atoms with Crippen LogP contribution in [0.2, 0.25) is 0 Å². The highest BCUT2D eigenvalue weighted by Crippen LogP contribution is 2.30. The molecule has 6 heteroatoms. The van der Waals surface area contributed by atoms with Gasteiger partial charge in [0.15, 0.2) is 0 Å². The fraction of sp³-hybridized carbons (Fsp3) is 0.0476. The Kier molecular flexibility index (Phi) is 4.56. The van der Waals surface area contributed by atoms with Gasteiger partial charge in [-0.25, -0.2) is 4.98 Å². The Morgan fingerprint density at radius 1 is 1.00 bits per heavy atom. The lowest BCUT2D eigenvalue weighted by atomic mass is 10.2. The number of carbonyl (C=O) groups excluding carboxylic acids is 1. The molecule has 1 amide bonds. The first-order valence-corrected chi connectivity index (χ1v) is 9.16. The van der Waals surface area contributed by atoms with Gasteiger partial charge in [0.2, 0.25) is 5.91 Å². The summed E-state index contributed by atoms with van der Waals surface area (Å²) in [5.74, 6) is 1.15. The Balaban J connectivity index is 1.56. The maximum atomic E-state index is 11.3. The van der Waals surface area contributed by atoms with Crippen LogP contribution in [0.15, 0.2) is 76.5 Å². The first kappa shape index (κ1) is 17.2. The van der Waals surface area contributed by atoms with Gasteiger partial charge in [-0.05, 0) is 54.6 Å². The number of rotatable bonds is 5. The highest BCUT2D eigenvalue weighted by molar-refractivity contribution is 7.99. The first-order chi connectivity index (χ1) is 13.1. The predicted octanol–water partition coefficient (Wildman–Crippen LogP) is 4.49. The van der Waals surface area contributed by atoms with Crippen LogP contribution in [0.4, 0.5) is 0 Å². The van der Waals surface area contributed by atoms with Gasteiger partial charge in [0.1, 0.15) is 11.6 Å². The molecule has 1 aromatic heterocycles. The number of ether oxygens (including phenoxy) is 1. The number of nitrogens with one attached hydrogen (secondary N) is 1. The average molecular weight is 375 g/mol. The van der Waals surface area contributed by atoms with Crippen molar-refractivity contribution in [2.45, 2.75) is 9.79 Å². The van der Waals surface area contributed by atoms with Crippen LogP contribution in [-0.4, -0.2) is 23.0 Å². The molecule has 0 unspecified atom stereocenters. The highest BCUT2D eigenvalue weighted by Gasteiger charge is 2.08. The second-order valence-electron chi connectivity index (χ2n) is 5.98. The van der Waals surface area contributed by atoms with Crippen molar-refractivity contribution in [3.8, 4) is 17.1 Å². The van der Waals surface area contributed by atoms with E-state index in [4.69, 9.17) is 10.5 Å². The maximum absolute atomic E-state index is 11.3. The van der Waals surface area contributed by atoms with Gasteiger partial charge in [0.05, 0.1) is 18.1 Å². The van der Waals surface area contributed by atoms with E-state index in [0.29, 0.717) is 5.56 Å². The highest BCUT2D eigenvalue weighted by atomic mass is 32.2. The molecular weight excluding hydrogens is 358 g/mol. The minimum absolute atomic E-state index is 0.451. The Labute approximate surface area is 160 Å². The lowest BCUT2D eigenvalue weighted by molar-refractivity contribution is 0.100. The summed E-state index contributed by atoms with van der Waals surface area (Å²) in [6.07, 6.45) is 0. The van der Waals surface area contributed by atoms with E-state index in [1.54, 1.807) is 37.1 Å². The van der Waals surface area contributed by atoms with Crippen LogP contribution in [-0.2, 0) is 0 Å². The van der Waals surface area contributed by atoms with Crippen molar-refractivity contribution in [3.63, 3.8) is 0 Å². The molecule has 134 valence electrons. The van der Waals surface area contributed by atoms with Gasteiger partial charge in [-0.15, -0.1) is 0 Å². The van der Waals surface area contributed by atoms with Gasteiger partial charge in [-0.2, -0.15) is 0 Å². The zero-order valence-electron chi connectivity index (χ0n) is 14.6. The van der Waals surface area contributed by atoms with E-state index < -0.39 is 5.91 Å². The summed E-state index contributed by atoms with van der Waals surface area (Å²) in [6, 6.07) is 21.3. The quantitative estimate of drug-likeness (QED) is 0.538. The van der Waals surface area contributed by atoms with Crippen molar-refractivity contribution in [3.05, 3.63) is 72.3 Å². The Morgan fingerprint density at radius 2 is 1.67 bits per heavy atom. The van der Waals surface area contributed by atoms with E-state index in [-0.39, 0.29) is 0 Å². The van der Waals surface area contributed by atoms with E-state index in [1.165, 1.54) is 0 Å². The number of imidazole rings is 1. The third kappa shape index (κ3) is 3.66. The molecule has 0 bridgehead atoms. The molecule has 0 aliphatic rings. The van der Waals surface area contributed by atoms with E-state index in [0.717, 1.165) is 38.0 Å². The van der Waals surface area contributed by atoms with Gasteiger partial charge >= 0.3 is 0 Å². The topological polar surface area (TPSA) is 81.0 Å². The minimum atomic E-state index is -0.451. The molecule has 0 radical (unpaired) electrons. The Morgan fingerprint density at radius 3 is 2.30 bits per heavy atom. The summed E-state index contributed by atoms with van der Waals surface area (Å²) >= 11 is 1.68. The van der Waals surface area contributed by atoms with Gasteiger partial charge < -0.3 is 15.5 Å². The van der Waals surface area contributed by atoms with Gasteiger partial charge in [-0.1, -0.05) is 23.9 Å². The molecule has 4 rings (SSSR count). The number of nitrogens with two attached hydrogens (primary N) is 1. The fourth-order valence-electron chi connectivity index (χ4n) is 2.76. The zero-order valence-corrected chi connectivity index (χ0v) is 15.4. The van der Waals surface area contributed by atoms with Crippen LogP contribution >= 0.6 is 11.8 Å². The number of benzene rings is 3. The first-order valence-electron chi connectivity index (χ1n) is 8.34. The molecule has 4 aromatic rings. The number of amides is 1. The molecule has 3 N–H and O–H groups in total. The molecule has 5 nitrogen and oxygen atoms in total. The normalized spacial score (nSPS) is 10.9. The summed E-state index contributed by atoms with van der Waals surface area (Å²) in [5, 5.41) is 0. The maximum Gasteiger partial charge on any atom is 0.248 e. The molecule has 0 saturated carbocycles. The fourth-order valence-corrected chi connectivity index (χ4v) is 3.58. The van der Waals surface area contributed by atoms with Crippen molar-refractivity contribution in [1.29, 1.82) is 0 Å². The average Bonchev–Trinajstić information content (AvgIpc) is 3.12. The van der Waals surface area contributed by atoms with Crippen molar-refractivity contribution in [1.82, 2.24) is 9.97 Å². The second kappa shape index (κ2) is 7.17. The monoisotopic (exact) mass is 375 g/mol. The summed E-state index contributed by atoms with van der Waals surface area (Å²) in [6.45, 7) is 0. The van der Waals surface area contributed by atoms with Crippen LogP contribution in [0, 0.1) is 0 Å². The van der Waals surface area contributed by atoms with Crippen LogP contribution in [0.3, 0.4) is 0 Å². The van der Waals surface area contributed by atoms with Crippen molar-refractivity contribution in [2.24, 2.45) is 5.73 Å². The number of primary amides is 1. The molecule has 1 heterocycles. The predicted molar refractivity (Wildman–Crippen MR) is 107 cm³/mol. The number of methoxy groups -OCH3 is 1. The molecule has 0 spiro atoms. The van der Waals surface area contributed by atoms with Crippen molar-refractivity contribution >= 4 is 28.7 Å². The molecular formula is C21H17N3O2S. The molecule has 0 fully saturated rings. The number of nitrogens with zero attached hydrogens (tertiary/aromatic N) is 1. The SMILES string of the molecule is COc1ccc(Sc2ccc(-c3nc4ccc(C(N)=O)cc4[nH]3)cc2)cc1. The number of hydrogen-bond donors (Lipinski definition) is 2. The molecule has 27 heavy (non-hydrogen) atoms. The molecule has 0 atom stereocenters. The largest absolute Gasteiger partial charge is 0.497 e. The van der Waals surface area contributed by atoms with Gasteiger partial charge in [0.25, 0.3) is 0 Å². The summed E-state index contributed by atoms with van der Waals surface area (Å²) in [7, 11) is 1.66. The van der Waals surface area contributed by atoms with E-state index in [2.05, 4.69) is 22.1 Å². The molecule has 0 saturated heterocycles. The number of fused-ring (bicyclic) bond motifs is 1. The summed E-state index contributed by atoms with van der Waals surface area (Å²) < 4.78 is 5.18. The number of H-pyrrole nitrogens is 1. The number of aromatic amines is 1. The van der Waals surface area contributed by atoms with E-state index in [9.17, 15) is 4.79 Å². The van der Waals surface area contributed by atoms with Crippen molar-refractivity contribution < 1.29 is 9.53 Å². The van der Waals surface area contributed by atoms with Crippen LogP contribution in [0.25, 0.3) is 22.4 Å². The summed E-state index contributed by atoms with van der Waals surface area (Å²) in [4.78, 5) is 21.4. The standard InChI is InChI=1S/C21H17N3O2S/c1-26-15-5-9-17(10-6-15)27-16-7-2-13(3-8-16)21-23-18-11-4-14(20(22)25)12-19(18)24-21/h2-12H,1H3,(H2,22,25)(H,23,24). The number of aromatic nitrogens is 2. The van der Waals surface area contributed by atoms with Crippen molar-refractivity contribution in [2.75, 3.05) is 7.11 Å². The van der Waals surface area contributed by atoms with E-state index >= 15 is 0 Å². The van der Waals surface area contributed by atoms with E-state index in [1.807, 2.05) is 36.4 Å². The minimum Gasteiger partial charge on any atom is -0.497 e. The molecule has 3 aromatic carbocycles. The third-order valence-corrected chi connectivity index (χ3v) is 5.21. The van der Waals surface area contributed by atoms with Gasteiger partial charge in [0, 0.05) is 20.9 Å². The summed E-state index contributed by atoms with van der Waals surface area (Å²) in [5.41, 5.74) is 8.36.